The highest BCUT2D eigenvalue weighted by Gasteiger charge is 2.32. The van der Waals surface area contributed by atoms with E-state index in [1.807, 2.05) is 30.3 Å². The van der Waals surface area contributed by atoms with Crippen LogP contribution < -0.4 is 5.32 Å². The monoisotopic (exact) mass is 349 g/mol. The Labute approximate surface area is 150 Å². The van der Waals surface area contributed by atoms with Crippen LogP contribution in [0.25, 0.3) is 10.2 Å². The van der Waals surface area contributed by atoms with E-state index in [0.29, 0.717) is 6.54 Å². The summed E-state index contributed by atoms with van der Waals surface area (Å²) in [5, 5.41) is 4.14. The summed E-state index contributed by atoms with van der Waals surface area (Å²) in [5.74, 6) is 0.192. The number of pyridine rings is 1. The van der Waals surface area contributed by atoms with E-state index in [4.69, 9.17) is 4.98 Å². The van der Waals surface area contributed by atoms with Crippen molar-refractivity contribution >= 4 is 27.5 Å². The average molecular weight is 349 g/mol. The lowest BCUT2D eigenvalue weighted by Crippen LogP contribution is -2.34. The first-order chi connectivity index (χ1) is 12.3. The number of hydrogen-bond donors (Lipinski definition) is 1. The number of fused-ring (bicyclic) bond motifs is 1. The van der Waals surface area contributed by atoms with E-state index in [-0.39, 0.29) is 17.7 Å². The molecular weight excluding hydrogens is 330 g/mol. The van der Waals surface area contributed by atoms with Crippen molar-refractivity contribution in [1.29, 1.82) is 0 Å². The summed E-state index contributed by atoms with van der Waals surface area (Å²) in [6.07, 6.45) is 9.41. The minimum atomic E-state index is -0.0626. The van der Waals surface area contributed by atoms with Gasteiger partial charge in [-0.15, -0.1) is 11.3 Å². The molecule has 0 fully saturated rings. The van der Waals surface area contributed by atoms with Crippen molar-refractivity contribution in [3.63, 3.8) is 0 Å². The number of aromatic nitrogens is 2. The molecule has 1 amide bonds. The number of nitrogens with one attached hydrogen (secondary N) is 1. The van der Waals surface area contributed by atoms with Gasteiger partial charge < -0.3 is 5.32 Å². The molecule has 1 aromatic carbocycles. The molecule has 4 nitrogen and oxygen atoms in total. The zero-order chi connectivity index (χ0) is 17.1. The number of amides is 1. The number of allylic oxidation sites excluding steroid dienone is 2. The quantitative estimate of drug-likeness (QED) is 0.723. The number of rotatable bonds is 4. The smallest absolute Gasteiger partial charge is 0.224 e. The number of para-hydroxylation sites is 1. The van der Waals surface area contributed by atoms with E-state index in [2.05, 4.69) is 28.5 Å². The zero-order valence-corrected chi connectivity index (χ0v) is 14.6. The Bertz CT molecular complexity index is 870. The molecule has 5 heteroatoms. The van der Waals surface area contributed by atoms with Crippen molar-refractivity contribution in [2.75, 3.05) is 0 Å². The van der Waals surface area contributed by atoms with Crippen molar-refractivity contribution < 1.29 is 4.79 Å². The van der Waals surface area contributed by atoms with E-state index < -0.39 is 0 Å². The molecule has 126 valence electrons. The van der Waals surface area contributed by atoms with Crippen LogP contribution in [0.2, 0.25) is 0 Å². The van der Waals surface area contributed by atoms with Crippen LogP contribution in [0.4, 0.5) is 0 Å². The summed E-state index contributed by atoms with van der Waals surface area (Å²) >= 11 is 1.71. The molecule has 0 radical (unpaired) electrons. The normalized spacial score (nSPS) is 19.8. The fourth-order valence-electron chi connectivity index (χ4n) is 3.25. The number of nitrogens with zero attached hydrogens (tertiary/aromatic N) is 2. The van der Waals surface area contributed by atoms with Crippen molar-refractivity contribution in [3.05, 3.63) is 71.5 Å². The van der Waals surface area contributed by atoms with Gasteiger partial charge in [0.05, 0.1) is 21.1 Å². The maximum atomic E-state index is 12.8. The third-order valence-electron chi connectivity index (χ3n) is 4.61. The lowest BCUT2D eigenvalue weighted by molar-refractivity contribution is -0.125. The molecule has 0 saturated carbocycles. The molecule has 0 spiro atoms. The van der Waals surface area contributed by atoms with Gasteiger partial charge >= 0.3 is 0 Å². The van der Waals surface area contributed by atoms with E-state index in [1.54, 1.807) is 23.7 Å². The highest BCUT2D eigenvalue weighted by atomic mass is 32.1. The zero-order valence-electron chi connectivity index (χ0n) is 13.8. The standard InChI is InChI=1S/C20H19N3OS/c24-19(22-13-14-9-11-21-12-10-14)15-5-1-2-6-16(15)20-23-17-7-3-4-8-18(17)25-20/h1-4,7-12,15-16H,5-6,13H2,(H,22,24). The Kier molecular flexibility index (Phi) is 4.57. The van der Waals surface area contributed by atoms with Crippen LogP contribution in [0.1, 0.15) is 29.3 Å². The molecule has 0 aliphatic heterocycles. The summed E-state index contributed by atoms with van der Waals surface area (Å²) in [6.45, 7) is 0.536. The van der Waals surface area contributed by atoms with Crippen molar-refractivity contribution in [2.45, 2.75) is 25.3 Å². The SMILES string of the molecule is O=C(NCc1ccncc1)C1CC=CCC1c1nc2ccccc2s1. The van der Waals surface area contributed by atoms with Gasteiger partial charge in [-0.2, -0.15) is 0 Å². The van der Waals surface area contributed by atoms with Crippen LogP contribution in [-0.2, 0) is 11.3 Å². The number of carbonyl (C=O) groups is 1. The van der Waals surface area contributed by atoms with Gasteiger partial charge in [0, 0.05) is 24.9 Å². The molecule has 4 rings (SSSR count). The first-order valence-corrected chi connectivity index (χ1v) is 9.30. The van der Waals surface area contributed by atoms with Gasteiger partial charge in [-0.05, 0) is 42.7 Å². The van der Waals surface area contributed by atoms with Crippen LogP contribution in [0.15, 0.2) is 60.9 Å². The van der Waals surface area contributed by atoms with Crippen molar-refractivity contribution in [2.24, 2.45) is 5.92 Å². The van der Waals surface area contributed by atoms with Crippen LogP contribution in [0.3, 0.4) is 0 Å². The summed E-state index contributed by atoms with van der Waals surface area (Å²) in [5.41, 5.74) is 2.08. The van der Waals surface area contributed by atoms with Crippen LogP contribution in [0.5, 0.6) is 0 Å². The Morgan fingerprint density at radius 3 is 2.76 bits per heavy atom. The molecule has 2 aromatic heterocycles. The molecule has 2 unspecified atom stereocenters. The summed E-state index contributed by atoms with van der Waals surface area (Å²) in [7, 11) is 0. The molecule has 1 N–H and O–H groups in total. The van der Waals surface area contributed by atoms with E-state index in [9.17, 15) is 4.79 Å². The first kappa shape index (κ1) is 16.0. The Hall–Kier alpha value is -2.53. The fraction of sp³-hybridized carbons (Fsp3) is 0.250. The largest absolute Gasteiger partial charge is 0.352 e. The van der Waals surface area contributed by atoms with Gasteiger partial charge in [0.15, 0.2) is 0 Å². The topological polar surface area (TPSA) is 54.9 Å². The second-order valence-electron chi connectivity index (χ2n) is 6.25. The Morgan fingerprint density at radius 1 is 1.12 bits per heavy atom. The summed E-state index contributed by atoms with van der Waals surface area (Å²) in [4.78, 5) is 21.6. The molecule has 1 aliphatic carbocycles. The Morgan fingerprint density at radius 2 is 1.92 bits per heavy atom. The van der Waals surface area contributed by atoms with E-state index in [0.717, 1.165) is 28.9 Å². The summed E-state index contributed by atoms with van der Waals surface area (Å²) < 4.78 is 1.18. The summed E-state index contributed by atoms with van der Waals surface area (Å²) in [6, 6.07) is 12.0. The second kappa shape index (κ2) is 7.15. The van der Waals surface area contributed by atoms with Gasteiger partial charge in [0.25, 0.3) is 0 Å². The van der Waals surface area contributed by atoms with Crippen LogP contribution >= 0.6 is 11.3 Å². The lowest BCUT2D eigenvalue weighted by Gasteiger charge is -2.26. The molecule has 2 atom stereocenters. The maximum Gasteiger partial charge on any atom is 0.224 e. The average Bonchev–Trinajstić information content (AvgIpc) is 3.11. The highest BCUT2D eigenvalue weighted by Crippen LogP contribution is 2.38. The van der Waals surface area contributed by atoms with Crippen LogP contribution in [0, 0.1) is 5.92 Å². The third-order valence-corrected chi connectivity index (χ3v) is 5.78. The third kappa shape index (κ3) is 3.46. The minimum absolute atomic E-state index is 0.0626. The molecule has 3 aromatic rings. The molecule has 0 saturated heterocycles. The van der Waals surface area contributed by atoms with Gasteiger partial charge in [0.1, 0.15) is 0 Å². The van der Waals surface area contributed by atoms with Gasteiger partial charge in [-0.1, -0.05) is 24.3 Å². The highest BCUT2D eigenvalue weighted by molar-refractivity contribution is 7.18. The van der Waals surface area contributed by atoms with Gasteiger partial charge in [-0.25, -0.2) is 4.98 Å². The molecular formula is C20H19N3OS. The fourth-order valence-corrected chi connectivity index (χ4v) is 4.39. The van der Waals surface area contributed by atoms with Crippen molar-refractivity contribution in [3.8, 4) is 0 Å². The number of benzene rings is 1. The molecule has 1 aliphatic rings. The predicted octanol–water partition coefficient (Wildman–Crippen LogP) is 4.06. The second-order valence-corrected chi connectivity index (χ2v) is 7.31. The number of thiazole rings is 1. The predicted molar refractivity (Wildman–Crippen MR) is 100 cm³/mol. The number of carbonyl (C=O) groups excluding carboxylic acids is 1. The Balaban J connectivity index is 1.52. The van der Waals surface area contributed by atoms with E-state index in [1.165, 1.54) is 4.70 Å². The number of hydrogen-bond acceptors (Lipinski definition) is 4. The minimum Gasteiger partial charge on any atom is -0.352 e. The maximum absolute atomic E-state index is 12.8. The van der Waals surface area contributed by atoms with Crippen LogP contribution in [-0.4, -0.2) is 15.9 Å². The van der Waals surface area contributed by atoms with E-state index >= 15 is 0 Å². The van der Waals surface area contributed by atoms with Crippen molar-refractivity contribution in [1.82, 2.24) is 15.3 Å². The van der Waals surface area contributed by atoms with Gasteiger partial charge in [0.2, 0.25) is 5.91 Å². The molecule has 25 heavy (non-hydrogen) atoms. The first-order valence-electron chi connectivity index (χ1n) is 8.48. The molecule has 2 heterocycles. The van der Waals surface area contributed by atoms with Gasteiger partial charge in [-0.3, -0.25) is 9.78 Å². The molecule has 0 bridgehead atoms. The lowest BCUT2D eigenvalue weighted by atomic mass is 9.82.